The first-order valence-electron chi connectivity index (χ1n) is 12.7. The summed E-state index contributed by atoms with van der Waals surface area (Å²) >= 11 is 2.97. The zero-order valence-corrected chi connectivity index (χ0v) is 23.1. The predicted molar refractivity (Wildman–Crippen MR) is 151 cm³/mol. The Bertz CT molecular complexity index is 1510. The molecule has 2 aromatic carbocycles. The van der Waals surface area contributed by atoms with Crippen LogP contribution < -0.4 is 15.0 Å². The topological polar surface area (TPSA) is 87.7 Å². The maximum Gasteiger partial charge on any atom is 0.412 e. The Morgan fingerprint density at radius 3 is 2.84 bits per heavy atom. The number of likely N-dealkylation sites (tertiary alicyclic amines) is 1. The van der Waals surface area contributed by atoms with Gasteiger partial charge in [-0.15, -0.1) is 11.3 Å². The van der Waals surface area contributed by atoms with E-state index in [1.54, 1.807) is 11.6 Å². The fourth-order valence-electron chi connectivity index (χ4n) is 5.69. The van der Waals surface area contributed by atoms with Gasteiger partial charge in [-0.3, -0.25) is 4.79 Å². The lowest BCUT2D eigenvalue weighted by Gasteiger charge is -2.35. The first-order valence-corrected chi connectivity index (χ1v) is 14.4. The molecule has 0 radical (unpaired) electrons. The number of piperidine rings is 1. The number of aryl methyl sites for hydroxylation is 1. The van der Waals surface area contributed by atoms with E-state index >= 15 is 0 Å². The molecule has 2 aromatic heterocycles. The molecule has 8 nitrogen and oxygen atoms in total. The van der Waals surface area contributed by atoms with Crippen molar-refractivity contribution < 1.29 is 14.3 Å². The summed E-state index contributed by atoms with van der Waals surface area (Å²) in [6.07, 6.45) is 2.47. The second-order valence-electron chi connectivity index (χ2n) is 10.2. The first-order chi connectivity index (χ1) is 18.4. The van der Waals surface area contributed by atoms with Gasteiger partial charge in [0.15, 0.2) is 10.9 Å². The minimum absolute atomic E-state index is 0.0624. The molecule has 1 saturated heterocycles. The average Bonchev–Trinajstić information content (AvgIpc) is 3.70. The Labute approximate surface area is 229 Å². The van der Waals surface area contributed by atoms with Gasteiger partial charge in [0.1, 0.15) is 5.69 Å². The van der Waals surface area contributed by atoms with Gasteiger partial charge in [0, 0.05) is 26.7 Å². The molecular weight excluding hydrogens is 518 g/mol. The molecule has 2 amide bonds. The number of hydrogen-bond donors (Lipinski definition) is 1. The number of nitrogens with zero attached hydrogens (tertiary/aromatic N) is 4. The number of ether oxygens (including phenoxy) is 1. The first kappa shape index (κ1) is 24.8. The van der Waals surface area contributed by atoms with Crippen molar-refractivity contribution in [3.05, 3.63) is 59.2 Å². The number of benzene rings is 2. The zero-order chi connectivity index (χ0) is 26.4. The third-order valence-electron chi connectivity index (χ3n) is 7.43. The Balaban J connectivity index is 1.23. The summed E-state index contributed by atoms with van der Waals surface area (Å²) in [6, 6.07) is 13.7. The number of aromatic nitrogens is 2. The van der Waals surface area contributed by atoms with Crippen molar-refractivity contribution in [3.63, 3.8) is 0 Å². The van der Waals surface area contributed by atoms with Crippen LogP contribution in [0.3, 0.4) is 0 Å². The van der Waals surface area contributed by atoms with Crippen molar-refractivity contribution in [2.45, 2.75) is 38.3 Å². The number of anilines is 1. The number of rotatable bonds is 6. The van der Waals surface area contributed by atoms with Crippen LogP contribution in [0.15, 0.2) is 48.0 Å². The normalized spacial score (nSPS) is 20.2. The number of fused-ring (bicyclic) bond motifs is 3. The number of hydrogen-bond acceptors (Lipinski definition) is 8. The molecule has 1 saturated carbocycles. The minimum Gasteiger partial charge on any atom is -0.409 e. The number of carbonyl (C=O) groups is 2. The SMILES string of the molecule is Cc1cccc(-c2sc(N(C)C)nc2C(=O)N2[C@H]3CC[C@H](C3)[C@@H]2CNC(=O)Oc2cccc3ncsc23)c1. The van der Waals surface area contributed by atoms with Gasteiger partial charge in [0.05, 0.1) is 26.6 Å². The molecule has 196 valence electrons. The standard InChI is InChI=1S/C28H29N5O3S2/c1-16-6-4-7-18(12-16)24-23(31-27(38-24)32(2)3)26(34)33-19-11-10-17(13-19)21(33)14-29-28(35)36-22-9-5-8-20-25(22)37-15-30-20/h4-9,12,15,17,19,21H,10-11,13-14H2,1-3H3,(H,29,35)/t17-,19+,21+/m1/s1. The smallest absolute Gasteiger partial charge is 0.409 e. The van der Waals surface area contributed by atoms with Gasteiger partial charge >= 0.3 is 6.09 Å². The van der Waals surface area contributed by atoms with Gasteiger partial charge in [0.2, 0.25) is 0 Å². The second-order valence-corrected chi connectivity index (χ2v) is 12.0. The number of thiazole rings is 2. The highest BCUT2D eigenvalue weighted by Gasteiger charge is 2.49. The quantitative estimate of drug-likeness (QED) is 0.339. The highest BCUT2D eigenvalue weighted by Crippen LogP contribution is 2.44. The van der Waals surface area contributed by atoms with Crippen LogP contribution in [0, 0.1) is 12.8 Å². The lowest BCUT2D eigenvalue weighted by atomic mass is 9.98. The van der Waals surface area contributed by atoms with E-state index in [1.807, 2.05) is 48.2 Å². The van der Waals surface area contributed by atoms with E-state index in [1.165, 1.54) is 22.7 Å². The summed E-state index contributed by atoms with van der Waals surface area (Å²) in [6.45, 7) is 2.39. The fraction of sp³-hybridized carbons (Fsp3) is 0.357. The van der Waals surface area contributed by atoms with Crippen molar-refractivity contribution in [2.75, 3.05) is 25.5 Å². The molecule has 0 unspecified atom stereocenters. The van der Waals surface area contributed by atoms with E-state index in [2.05, 4.69) is 29.4 Å². The summed E-state index contributed by atoms with van der Waals surface area (Å²) in [5.74, 6) is 0.779. The maximum absolute atomic E-state index is 14.1. The molecule has 2 fully saturated rings. The molecule has 10 heteroatoms. The van der Waals surface area contributed by atoms with Crippen LogP contribution >= 0.6 is 22.7 Å². The molecule has 2 aliphatic rings. The van der Waals surface area contributed by atoms with E-state index in [4.69, 9.17) is 9.72 Å². The Morgan fingerprint density at radius 2 is 2.03 bits per heavy atom. The van der Waals surface area contributed by atoms with E-state index in [0.29, 0.717) is 23.9 Å². The van der Waals surface area contributed by atoms with Gasteiger partial charge in [-0.25, -0.2) is 14.8 Å². The monoisotopic (exact) mass is 547 g/mol. The van der Waals surface area contributed by atoms with Crippen molar-refractivity contribution in [1.29, 1.82) is 0 Å². The third-order valence-corrected chi connectivity index (χ3v) is 9.56. The molecule has 0 spiro atoms. The lowest BCUT2D eigenvalue weighted by Crippen LogP contribution is -2.50. The van der Waals surface area contributed by atoms with E-state index in [0.717, 1.165) is 50.6 Å². The molecule has 1 aliphatic carbocycles. The van der Waals surface area contributed by atoms with Gasteiger partial charge in [0.25, 0.3) is 5.91 Å². The van der Waals surface area contributed by atoms with Crippen LogP contribution in [0.2, 0.25) is 0 Å². The number of amides is 2. The van der Waals surface area contributed by atoms with E-state index in [-0.39, 0.29) is 18.0 Å². The summed E-state index contributed by atoms with van der Waals surface area (Å²) in [5.41, 5.74) is 5.16. The molecule has 3 heterocycles. The van der Waals surface area contributed by atoms with Gasteiger partial charge in [-0.1, -0.05) is 47.2 Å². The van der Waals surface area contributed by atoms with Crippen LogP contribution in [0.1, 0.15) is 35.3 Å². The molecule has 6 rings (SSSR count). The molecule has 38 heavy (non-hydrogen) atoms. The molecule has 3 atom stereocenters. The fourth-order valence-corrected chi connectivity index (χ4v) is 7.40. The molecule has 1 N–H and O–H groups in total. The van der Waals surface area contributed by atoms with Crippen molar-refractivity contribution in [1.82, 2.24) is 20.2 Å². The lowest BCUT2D eigenvalue weighted by molar-refractivity contribution is 0.0586. The summed E-state index contributed by atoms with van der Waals surface area (Å²) in [7, 11) is 3.88. The van der Waals surface area contributed by atoms with Crippen molar-refractivity contribution >= 4 is 50.0 Å². The van der Waals surface area contributed by atoms with Crippen molar-refractivity contribution in [3.8, 4) is 16.2 Å². The largest absolute Gasteiger partial charge is 0.412 e. The highest BCUT2D eigenvalue weighted by atomic mass is 32.1. The van der Waals surface area contributed by atoms with Crippen LogP contribution in [0.25, 0.3) is 20.7 Å². The van der Waals surface area contributed by atoms with Gasteiger partial charge < -0.3 is 19.9 Å². The highest BCUT2D eigenvalue weighted by molar-refractivity contribution is 7.19. The van der Waals surface area contributed by atoms with Crippen molar-refractivity contribution in [2.24, 2.45) is 5.92 Å². The molecular formula is C28H29N5O3S2. The number of carbonyl (C=O) groups excluding carboxylic acids is 2. The second kappa shape index (κ2) is 9.99. The summed E-state index contributed by atoms with van der Waals surface area (Å²) < 4.78 is 6.46. The van der Waals surface area contributed by atoms with Crippen LogP contribution in [0.4, 0.5) is 9.93 Å². The summed E-state index contributed by atoms with van der Waals surface area (Å²) in [5, 5.41) is 3.73. The minimum atomic E-state index is -0.523. The number of nitrogens with one attached hydrogen (secondary N) is 1. The Kier molecular flexibility index (Phi) is 6.53. The third kappa shape index (κ3) is 4.52. The molecule has 2 bridgehead atoms. The Hall–Kier alpha value is -3.50. The van der Waals surface area contributed by atoms with Crippen LogP contribution in [0.5, 0.6) is 5.75 Å². The van der Waals surface area contributed by atoms with Crippen LogP contribution in [-0.4, -0.2) is 59.6 Å². The maximum atomic E-state index is 14.1. The van der Waals surface area contributed by atoms with Gasteiger partial charge in [-0.05, 0) is 49.8 Å². The van der Waals surface area contributed by atoms with E-state index < -0.39 is 6.09 Å². The van der Waals surface area contributed by atoms with Gasteiger partial charge in [-0.2, -0.15) is 0 Å². The molecule has 1 aliphatic heterocycles. The predicted octanol–water partition coefficient (Wildman–Crippen LogP) is 5.58. The molecule has 4 aromatic rings. The Morgan fingerprint density at radius 1 is 1.18 bits per heavy atom. The zero-order valence-electron chi connectivity index (χ0n) is 21.5. The van der Waals surface area contributed by atoms with Crippen LogP contribution in [-0.2, 0) is 0 Å². The average molecular weight is 548 g/mol. The van der Waals surface area contributed by atoms with E-state index in [9.17, 15) is 9.59 Å². The summed E-state index contributed by atoms with van der Waals surface area (Å²) in [4.78, 5) is 40.8.